The van der Waals surface area contributed by atoms with Crippen molar-refractivity contribution >= 4 is 5.91 Å². The summed E-state index contributed by atoms with van der Waals surface area (Å²) in [4.78, 5) is 16.3. The number of hydrogen-bond acceptors (Lipinski definition) is 4. The highest BCUT2D eigenvalue weighted by Gasteiger charge is 2.23. The molecule has 1 saturated heterocycles. The Hall–Kier alpha value is -1.40. The molecule has 0 saturated carbocycles. The molecule has 0 radical (unpaired) electrons. The van der Waals surface area contributed by atoms with Crippen molar-refractivity contribution in [1.82, 2.24) is 19.6 Å². The van der Waals surface area contributed by atoms with E-state index in [0.29, 0.717) is 12.2 Å². The molecule has 0 aromatic carbocycles. The SMILES string of the molecule is Cn1nccc1C(=O)N1CCN(CCN)CC1. The van der Waals surface area contributed by atoms with Crippen molar-refractivity contribution in [2.24, 2.45) is 12.8 Å². The Labute approximate surface area is 101 Å². The van der Waals surface area contributed by atoms with Gasteiger partial charge in [-0.05, 0) is 6.07 Å². The Morgan fingerprint density at radius 2 is 2.12 bits per heavy atom. The number of carbonyl (C=O) groups excluding carboxylic acids is 1. The van der Waals surface area contributed by atoms with Crippen LogP contribution in [0.15, 0.2) is 12.3 Å². The number of hydrogen-bond donors (Lipinski definition) is 1. The minimum Gasteiger partial charge on any atom is -0.335 e. The fourth-order valence-corrected chi connectivity index (χ4v) is 2.10. The number of piperazine rings is 1. The molecule has 6 heteroatoms. The van der Waals surface area contributed by atoms with E-state index in [9.17, 15) is 4.79 Å². The summed E-state index contributed by atoms with van der Waals surface area (Å²) in [5, 5.41) is 4.02. The van der Waals surface area contributed by atoms with Crippen LogP contribution in [0, 0.1) is 0 Å². The lowest BCUT2D eigenvalue weighted by atomic mass is 10.2. The summed E-state index contributed by atoms with van der Waals surface area (Å²) in [5.74, 6) is 0.0670. The smallest absolute Gasteiger partial charge is 0.272 e. The van der Waals surface area contributed by atoms with Gasteiger partial charge in [-0.3, -0.25) is 14.4 Å². The van der Waals surface area contributed by atoms with Crippen LogP contribution in [-0.4, -0.2) is 64.8 Å². The zero-order chi connectivity index (χ0) is 12.3. The molecule has 1 aliphatic heterocycles. The van der Waals surface area contributed by atoms with Gasteiger partial charge in [-0.15, -0.1) is 0 Å². The number of nitrogens with zero attached hydrogens (tertiary/aromatic N) is 4. The van der Waals surface area contributed by atoms with Crippen LogP contribution in [0.25, 0.3) is 0 Å². The molecular formula is C11H19N5O. The summed E-state index contributed by atoms with van der Waals surface area (Å²) >= 11 is 0. The average molecular weight is 237 g/mol. The van der Waals surface area contributed by atoms with E-state index in [4.69, 9.17) is 5.73 Å². The summed E-state index contributed by atoms with van der Waals surface area (Å²) in [6.07, 6.45) is 1.65. The molecule has 0 spiro atoms. The molecule has 6 nitrogen and oxygen atoms in total. The van der Waals surface area contributed by atoms with Gasteiger partial charge < -0.3 is 10.6 Å². The monoisotopic (exact) mass is 237 g/mol. The van der Waals surface area contributed by atoms with E-state index in [1.54, 1.807) is 24.0 Å². The topological polar surface area (TPSA) is 67.4 Å². The Kier molecular flexibility index (Phi) is 3.75. The third-order valence-electron chi connectivity index (χ3n) is 3.14. The molecule has 0 bridgehead atoms. The lowest BCUT2D eigenvalue weighted by Gasteiger charge is -2.34. The second kappa shape index (κ2) is 5.29. The highest BCUT2D eigenvalue weighted by molar-refractivity contribution is 5.92. The highest BCUT2D eigenvalue weighted by Crippen LogP contribution is 2.07. The van der Waals surface area contributed by atoms with E-state index in [1.807, 2.05) is 4.90 Å². The van der Waals surface area contributed by atoms with E-state index in [2.05, 4.69) is 10.00 Å². The molecule has 0 aliphatic carbocycles. The van der Waals surface area contributed by atoms with Gasteiger partial charge in [0.05, 0.1) is 0 Å². The van der Waals surface area contributed by atoms with Crippen LogP contribution in [0.3, 0.4) is 0 Å². The number of aromatic nitrogens is 2. The molecule has 94 valence electrons. The van der Waals surface area contributed by atoms with Gasteiger partial charge in [0.2, 0.25) is 0 Å². The van der Waals surface area contributed by atoms with Gasteiger partial charge in [0.25, 0.3) is 5.91 Å². The van der Waals surface area contributed by atoms with Gasteiger partial charge in [-0.2, -0.15) is 5.10 Å². The number of carbonyl (C=O) groups is 1. The minimum atomic E-state index is 0.0670. The van der Waals surface area contributed by atoms with Crippen molar-refractivity contribution in [3.63, 3.8) is 0 Å². The molecule has 1 aromatic heterocycles. The van der Waals surface area contributed by atoms with E-state index in [0.717, 1.165) is 32.7 Å². The summed E-state index contributed by atoms with van der Waals surface area (Å²) in [6, 6.07) is 1.76. The van der Waals surface area contributed by atoms with Crippen LogP contribution >= 0.6 is 0 Å². The Morgan fingerprint density at radius 1 is 1.41 bits per heavy atom. The maximum atomic E-state index is 12.2. The van der Waals surface area contributed by atoms with E-state index in [-0.39, 0.29) is 5.91 Å². The third kappa shape index (κ3) is 2.65. The molecule has 1 aromatic rings. The van der Waals surface area contributed by atoms with Crippen LogP contribution in [0.1, 0.15) is 10.5 Å². The van der Waals surface area contributed by atoms with Crippen LogP contribution < -0.4 is 5.73 Å². The zero-order valence-electron chi connectivity index (χ0n) is 10.2. The molecule has 1 fully saturated rings. The summed E-state index contributed by atoms with van der Waals surface area (Å²) in [7, 11) is 1.79. The van der Waals surface area contributed by atoms with E-state index < -0.39 is 0 Å². The summed E-state index contributed by atoms with van der Waals surface area (Å²) in [6.45, 7) is 4.93. The number of aryl methyl sites for hydroxylation is 1. The predicted molar refractivity (Wildman–Crippen MR) is 64.6 cm³/mol. The maximum Gasteiger partial charge on any atom is 0.272 e. The number of rotatable bonds is 3. The quantitative estimate of drug-likeness (QED) is 0.742. The maximum absolute atomic E-state index is 12.2. The standard InChI is InChI=1S/C11H19N5O/c1-14-10(2-4-13-14)11(17)16-8-6-15(5-3-12)7-9-16/h2,4H,3,5-9,12H2,1H3. The summed E-state index contributed by atoms with van der Waals surface area (Å²) in [5.41, 5.74) is 6.17. The second-order valence-corrected chi connectivity index (χ2v) is 4.26. The van der Waals surface area contributed by atoms with E-state index in [1.165, 1.54) is 0 Å². The third-order valence-corrected chi connectivity index (χ3v) is 3.14. The van der Waals surface area contributed by atoms with Crippen molar-refractivity contribution in [1.29, 1.82) is 0 Å². The fourth-order valence-electron chi connectivity index (χ4n) is 2.10. The van der Waals surface area contributed by atoms with Gasteiger partial charge in [-0.1, -0.05) is 0 Å². The molecule has 2 heterocycles. The van der Waals surface area contributed by atoms with Gasteiger partial charge >= 0.3 is 0 Å². The molecule has 17 heavy (non-hydrogen) atoms. The average Bonchev–Trinajstić information content (AvgIpc) is 2.76. The van der Waals surface area contributed by atoms with Crippen molar-refractivity contribution in [3.8, 4) is 0 Å². The first-order valence-corrected chi connectivity index (χ1v) is 5.92. The van der Waals surface area contributed by atoms with Gasteiger partial charge in [-0.25, -0.2) is 0 Å². The van der Waals surface area contributed by atoms with E-state index >= 15 is 0 Å². The first-order chi connectivity index (χ1) is 8.22. The predicted octanol–water partition coefficient (Wildman–Crippen LogP) is -0.863. The minimum absolute atomic E-state index is 0.0670. The second-order valence-electron chi connectivity index (χ2n) is 4.26. The van der Waals surface area contributed by atoms with Gasteiger partial charge in [0.1, 0.15) is 5.69 Å². The van der Waals surface area contributed by atoms with Crippen molar-refractivity contribution in [3.05, 3.63) is 18.0 Å². The van der Waals surface area contributed by atoms with Crippen LogP contribution in [-0.2, 0) is 7.05 Å². The Morgan fingerprint density at radius 3 is 2.65 bits per heavy atom. The molecule has 0 atom stereocenters. The fraction of sp³-hybridized carbons (Fsp3) is 0.636. The van der Waals surface area contributed by atoms with Gasteiger partial charge in [0.15, 0.2) is 0 Å². The normalized spacial score (nSPS) is 17.4. The first-order valence-electron chi connectivity index (χ1n) is 5.92. The molecule has 0 unspecified atom stereocenters. The first kappa shape index (κ1) is 12.1. The van der Waals surface area contributed by atoms with Crippen molar-refractivity contribution in [2.75, 3.05) is 39.3 Å². The Balaban J connectivity index is 1.93. The Bertz CT molecular complexity index is 381. The lowest BCUT2D eigenvalue weighted by molar-refractivity contribution is 0.0630. The van der Waals surface area contributed by atoms with Crippen molar-refractivity contribution < 1.29 is 4.79 Å². The molecule has 1 aliphatic rings. The van der Waals surface area contributed by atoms with Crippen LogP contribution in [0.2, 0.25) is 0 Å². The molecule has 1 amide bonds. The van der Waals surface area contributed by atoms with Crippen LogP contribution in [0.5, 0.6) is 0 Å². The zero-order valence-corrected chi connectivity index (χ0v) is 10.2. The number of amides is 1. The molecule has 2 N–H and O–H groups in total. The highest BCUT2D eigenvalue weighted by atomic mass is 16.2. The summed E-state index contributed by atoms with van der Waals surface area (Å²) < 4.78 is 1.62. The molecule has 2 rings (SSSR count). The van der Waals surface area contributed by atoms with Gasteiger partial charge in [0, 0.05) is 52.5 Å². The lowest BCUT2D eigenvalue weighted by Crippen LogP contribution is -2.50. The molecular weight excluding hydrogens is 218 g/mol. The van der Waals surface area contributed by atoms with Crippen LogP contribution in [0.4, 0.5) is 0 Å². The largest absolute Gasteiger partial charge is 0.335 e. The number of nitrogens with two attached hydrogens (primary N) is 1. The van der Waals surface area contributed by atoms with Crippen molar-refractivity contribution in [2.45, 2.75) is 0 Å².